The zero-order valence-electron chi connectivity index (χ0n) is 13.0. The summed E-state index contributed by atoms with van der Waals surface area (Å²) in [6, 6.07) is 15.1. The molecule has 0 saturated heterocycles. The summed E-state index contributed by atoms with van der Waals surface area (Å²) in [6.07, 6.45) is 5.33. The number of fused-ring (bicyclic) bond motifs is 2. The Morgan fingerprint density at radius 1 is 1.13 bits per heavy atom. The normalized spacial score (nSPS) is 21.7. The van der Waals surface area contributed by atoms with Crippen LogP contribution in [0, 0.1) is 0 Å². The summed E-state index contributed by atoms with van der Waals surface area (Å²) in [5, 5.41) is 0.572. The number of ether oxygens (including phenoxy) is 2. The predicted molar refractivity (Wildman–Crippen MR) is 94.5 cm³/mol. The van der Waals surface area contributed by atoms with Crippen LogP contribution in [0.5, 0.6) is 11.5 Å². The van der Waals surface area contributed by atoms with Gasteiger partial charge in [0.25, 0.3) is 0 Å². The minimum Gasteiger partial charge on any atom is -0.454 e. The number of benzene rings is 2. The number of aryl methyl sites for hydroxylation is 1. The Balaban J connectivity index is 1.66. The topological polar surface area (TPSA) is 18.5 Å². The number of thioether (sulfide) groups is 1. The van der Waals surface area contributed by atoms with Crippen LogP contribution in [0.25, 0.3) is 0 Å². The Morgan fingerprint density at radius 2 is 1.91 bits per heavy atom. The highest BCUT2D eigenvalue weighted by Crippen LogP contribution is 2.47. The molecule has 1 aliphatic heterocycles. The monoisotopic (exact) mass is 324 g/mol. The van der Waals surface area contributed by atoms with Gasteiger partial charge in [-0.2, -0.15) is 0 Å². The molecule has 0 N–H and O–H groups in total. The van der Waals surface area contributed by atoms with Gasteiger partial charge in [0.15, 0.2) is 11.5 Å². The molecule has 1 aliphatic carbocycles. The molecule has 4 rings (SSSR count). The molecule has 1 heterocycles. The minimum absolute atomic E-state index is 0.340. The predicted octanol–water partition coefficient (Wildman–Crippen LogP) is 5.18. The minimum atomic E-state index is 0.340. The Hall–Kier alpha value is -1.87. The third kappa shape index (κ3) is 2.86. The number of allylic oxidation sites excluding steroid dienone is 1. The molecule has 2 atom stereocenters. The summed E-state index contributed by atoms with van der Waals surface area (Å²) in [5.41, 5.74) is 2.82. The van der Waals surface area contributed by atoms with Crippen LogP contribution < -0.4 is 9.47 Å². The summed E-state index contributed by atoms with van der Waals surface area (Å²) in [6.45, 7) is 4.32. The lowest BCUT2D eigenvalue weighted by Gasteiger charge is -2.33. The lowest BCUT2D eigenvalue weighted by atomic mass is 9.80. The van der Waals surface area contributed by atoms with Gasteiger partial charge in [-0.3, -0.25) is 0 Å². The number of rotatable bonds is 4. The molecule has 23 heavy (non-hydrogen) atoms. The molecule has 0 spiro atoms. The zero-order chi connectivity index (χ0) is 15.6. The van der Waals surface area contributed by atoms with Crippen molar-refractivity contribution in [3.63, 3.8) is 0 Å². The van der Waals surface area contributed by atoms with Crippen molar-refractivity contribution in [2.75, 3.05) is 6.79 Å². The van der Waals surface area contributed by atoms with Crippen molar-refractivity contribution >= 4 is 11.8 Å². The van der Waals surface area contributed by atoms with Crippen LogP contribution in [0.2, 0.25) is 0 Å². The molecule has 0 fully saturated rings. The maximum absolute atomic E-state index is 5.59. The van der Waals surface area contributed by atoms with E-state index < -0.39 is 0 Å². The Kier molecular flexibility index (Phi) is 4.04. The molecule has 118 valence electrons. The molecule has 2 aromatic rings. The van der Waals surface area contributed by atoms with E-state index in [1.807, 2.05) is 17.8 Å². The van der Waals surface area contributed by atoms with Gasteiger partial charge in [-0.15, -0.1) is 18.3 Å². The van der Waals surface area contributed by atoms with Crippen LogP contribution in [0.4, 0.5) is 0 Å². The Morgan fingerprint density at radius 3 is 2.70 bits per heavy atom. The van der Waals surface area contributed by atoms with E-state index in [1.165, 1.54) is 22.4 Å². The maximum atomic E-state index is 5.59. The van der Waals surface area contributed by atoms with E-state index in [0.717, 1.165) is 24.3 Å². The molecular weight excluding hydrogens is 304 g/mol. The van der Waals surface area contributed by atoms with Gasteiger partial charge in [-0.05, 0) is 60.6 Å². The first kappa shape index (κ1) is 14.7. The molecule has 0 amide bonds. The van der Waals surface area contributed by atoms with Crippen LogP contribution >= 0.6 is 11.8 Å². The fourth-order valence-electron chi connectivity index (χ4n) is 3.53. The largest absolute Gasteiger partial charge is 0.454 e. The molecule has 3 heteroatoms. The van der Waals surface area contributed by atoms with Crippen molar-refractivity contribution in [3.8, 4) is 11.5 Å². The van der Waals surface area contributed by atoms with Gasteiger partial charge in [0.2, 0.25) is 6.79 Å². The smallest absolute Gasteiger partial charge is 0.231 e. The highest BCUT2D eigenvalue weighted by molar-refractivity contribution is 8.00. The molecule has 2 aliphatic rings. The van der Waals surface area contributed by atoms with Crippen LogP contribution in [0.3, 0.4) is 0 Å². The Bertz CT molecular complexity index is 711. The van der Waals surface area contributed by atoms with E-state index in [4.69, 9.17) is 9.47 Å². The van der Waals surface area contributed by atoms with Crippen molar-refractivity contribution < 1.29 is 9.47 Å². The van der Waals surface area contributed by atoms with Gasteiger partial charge in [0.05, 0.1) is 0 Å². The van der Waals surface area contributed by atoms with E-state index >= 15 is 0 Å². The van der Waals surface area contributed by atoms with Crippen molar-refractivity contribution in [1.82, 2.24) is 0 Å². The highest BCUT2D eigenvalue weighted by Gasteiger charge is 2.31. The van der Waals surface area contributed by atoms with Crippen molar-refractivity contribution in [1.29, 1.82) is 0 Å². The van der Waals surface area contributed by atoms with Crippen LogP contribution in [-0.2, 0) is 6.42 Å². The van der Waals surface area contributed by atoms with Gasteiger partial charge in [0, 0.05) is 10.1 Å². The summed E-state index contributed by atoms with van der Waals surface area (Å²) < 4.78 is 11.1. The number of hydrogen-bond donors (Lipinski definition) is 0. The van der Waals surface area contributed by atoms with Crippen LogP contribution in [-0.4, -0.2) is 12.0 Å². The zero-order valence-corrected chi connectivity index (χ0v) is 13.9. The Labute approximate surface area is 141 Å². The second kappa shape index (κ2) is 6.32. The first-order valence-electron chi connectivity index (χ1n) is 8.10. The van der Waals surface area contributed by atoms with Crippen molar-refractivity contribution in [3.05, 3.63) is 66.2 Å². The molecule has 0 aromatic heterocycles. The first-order valence-corrected chi connectivity index (χ1v) is 8.98. The van der Waals surface area contributed by atoms with E-state index in [2.05, 4.69) is 49.0 Å². The second-order valence-electron chi connectivity index (χ2n) is 6.04. The maximum Gasteiger partial charge on any atom is 0.231 e. The highest BCUT2D eigenvalue weighted by atomic mass is 32.2. The van der Waals surface area contributed by atoms with Crippen molar-refractivity contribution in [2.45, 2.75) is 35.3 Å². The van der Waals surface area contributed by atoms with E-state index in [1.54, 1.807) is 0 Å². The lowest BCUT2D eigenvalue weighted by molar-refractivity contribution is 0.174. The van der Waals surface area contributed by atoms with E-state index in [9.17, 15) is 0 Å². The summed E-state index contributed by atoms with van der Waals surface area (Å²) in [5.74, 6) is 2.27. The average Bonchev–Trinajstić information content (AvgIpc) is 3.04. The average molecular weight is 324 g/mol. The van der Waals surface area contributed by atoms with Crippen LogP contribution in [0.1, 0.15) is 29.9 Å². The van der Waals surface area contributed by atoms with E-state index in [-0.39, 0.29) is 0 Å². The first-order chi connectivity index (χ1) is 11.3. The van der Waals surface area contributed by atoms with E-state index in [0.29, 0.717) is 18.0 Å². The van der Waals surface area contributed by atoms with Gasteiger partial charge in [0.1, 0.15) is 0 Å². The second-order valence-corrected chi connectivity index (χ2v) is 7.36. The molecule has 2 aromatic carbocycles. The standard InChI is InChI=1S/C20H20O2S/c1-2-6-16-17-12-19-18(21-13-22-19)11-14(17)9-10-20(16)23-15-7-4-3-5-8-15/h2-5,7-8,11-12,16,20H,1,6,9-10,13H2. The molecule has 0 bridgehead atoms. The SMILES string of the molecule is C=CCC1c2cc3c(cc2CCC1Sc1ccccc1)OCO3. The third-order valence-electron chi connectivity index (χ3n) is 4.63. The summed E-state index contributed by atoms with van der Waals surface area (Å²) >= 11 is 1.99. The van der Waals surface area contributed by atoms with Gasteiger partial charge >= 0.3 is 0 Å². The fourth-order valence-corrected chi connectivity index (χ4v) is 4.86. The molecule has 2 nitrogen and oxygen atoms in total. The molecule has 0 radical (unpaired) electrons. The van der Waals surface area contributed by atoms with Crippen LogP contribution in [0.15, 0.2) is 60.0 Å². The van der Waals surface area contributed by atoms with Gasteiger partial charge in [-0.25, -0.2) is 0 Å². The quantitative estimate of drug-likeness (QED) is 0.722. The number of hydrogen-bond acceptors (Lipinski definition) is 3. The summed E-state index contributed by atoms with van der Waals surface area (Å²) in [7, 11) is 0. The molecule has 0 saturated carbocycles. The van der Waals surface area contributed by atoms with Gasteiger partial charge < -0.3 is 9.47 Å². The molecular formula is C20H20O2S. The summed E-state index contributed by atoms with van der Waals surface area (Å²) in [4.78, 5) is 1.34. The molecule has 2 unspecified atom stereocenters. The third-order valence-corrected chi connectivity index (χ3v) is 6.04. The van der Waals surface area contributed by atoms with Crippen molar-refractivity contribution in [2.24, 2.45) is 0 Å². The lowest BCUT2D eigenvalue weighted by Crippen LogP contribution is -2.22. The van der Waals surface area contributed by atoms with Gasteiger partial charge in [-0.1, -0.05) is 24.3 Å². The fraction of sp³-hybridized carbons (Fsp3) is 0.300.